The van der Waals surface area contributed by atoms with E-state index in [1.807, 2.05) is 49.1 Å². The molecule has 0 spiro atoms. The summed E-state index contributed by atoms with van der Waals surface area (Å²) in [5.41, 5.74) is 2.14. The Balaban J connectivity index is 2.06. The van der Waals surface area contributed by atoms with Gasteiger partial charge in [0.05, 0.1) is 6.10 Å². The van der Waals surface area contributed by atoms with Crippen molar-refractivity contribution in [3.63, 3.8) is 0 Å². The number of imidazole rings is 1. The van der Waals surface area contributed by atoms with Gasteiger partial charge in [-0.05, 0) is 18.2 Å². The lowest BCUT2D eigenvalue weighted by Gasteiger charge is -2.10. The molecule has 2 N–H and O–H groups in total. The van der Waals surface area contributed by atoms with Crippen LogP contribution in [0.5, 0.6) is 0 Å². The molecule has 0 saturated carbocycles. The largest absolute Gasteiger partial charge is 0.387 e. The molecular weight excluding hydrogens is 226 g/mol. The molecule has 1 unspecified atom stereocenters. The molecule has 2 rings (SSSR count). The van der Waals surface area contributed by atoms with Crippen LogP contribution in [-0.4, -0.2) is 28.3 Å². The molecular formula is C14H19N3O. The molecule has 96 valence electrons. The molecule has 0 fully saturated rings. The van der Waals surface area contributed by atoms with E-state index in [-0.39, 0.29) is 0 Å². The van der Waals surface area contributed by atoms with E-state index in [9.17, 15) is 5.11 Å². The first-order valence-corrected chi connectivity index (χ1v) is 6.08. The van der Waals surface area contributed by atoms with Gasteiger partial charge in [-0.1, -0.05) is 24.3 Å². The number of aliphatic hydroxyl groups is 1. The van der Waals surface area contributed by atoms with E-state index in [1.54, 1.807) is 6.20 Å². The predicted molar refractivity (Wildman–Crippen MR) is 71.3 cm³/mol. The van der Waals surface area contributed by atoms with Crippen molar-refractivity contribution < 1.29 is 5.11 Å². The zero-order chi connectivity index (χ0) is 13.0. The maximum atomic E-state index is 9.83. The summed E-state index contributed by atoms with van der Waals surface area (Å²) in [4.78, 5) is 4.30. The molecule has 0 amide bonds. The molecule has 2 aromatic rings. The monoisotopic (exact) mass is 245 g/mol. The van der Waals surface area contributed by atoms with Crippen molar-refractivity contribution in [1.82, 2.24) is 14.9 Å². The second-order valence-corrected chi connectivity index (χ2v) is 4.45. The first-order valence-electron chi connectivity index (χ1n) is 6.08. The fourth-order valence-electron chi connectivity index (χ4n) is 1.92. The third-order valence-electron chi connectivity index (χ3n) is 3.05. The molecule has 4 heteroatoms. The lowest BCUT2D eigenvalue weighted by molar-refractivity contribution is 0.178. The predicted octanol–water partition coefficient (Wildman–Crippen LogP) is 1.26. The fraction of sp³-hybridized carbons (Fsp3) is 0.357. The van der Waals surface area contributed by atoms with Crippen LogP contribution < -0.4 is 5.32 Å². The second kappa shape index (κ2) is 5.80. The van der Waals surface area contributed by atoms with Crippen LogP contribution in [0.3, 0.4) is 0 Å². The van der Waals surface area contributed by atoms with Crippen molar-refractivity contribution in [3.05, 3.63) is 53.6 Å². The summed E-state index contributed by atoms with van der Waals surface area (Å²) in [7, 11) is 3.83. The zero-order valence-electron chi connectivity index (χ0n) is 10.8. The summed E-state index contributed by atoms with van der Waals surface area (Å²) >= 11 is 0. The van der Waals surface area contributed by atoms with Crippen LogP contribution in [0.15, 0.2) is 36.7 Å². The minimum absolute atomic E-state index is 0.447. The first-order chi connectivity index (χ1) is 8.70. The summed E-state index contributed by atoms with van der Waals surface area (Å²) in [6, 6.07) is 8.03. The van der Waals surface area contributed by atoms with E-state index in [0.717, 1.165) is 17.8 Å². The smallest absolute Gasteiger partial charge is 0.112 e. The summed E-state index contributed by atoms with van der Waals surface area (Å²) in [6.45, 7) is 0.568. The molecule has 0 radical (unpaired) electrons. The summed E-state index contributed by atoms with van der Waals surface area (Å²) in [6.07, 6.45) is 4.12. The Morgan fingerprint density at radius 3 is 2.61 bits per heavy atom. The Kier molecular flexibility index (Phi) is 4.12. The molecule has 1 aromatic carbocycles. The Hall–Kier alpha value is -1.65. The van der Waals surface area contributed by atoms with Crippen LogP contribution in [-0.2, 0) is 13.5 Å². The topological polar surface area (TPSA) is 50.1 Å². The van der Waals surface area contributed by atoms with E-state index in [2.05, 4.69) is 10.3 Å². The number of aryl methyl sites for hydroxylation is 1. The number of likely N-dealkylation sites (N-methyl/N-ethyl adjacent to an activating group) is 1. The van der Waals surface area contributed by atoms with Crippen LogP contribution in [0.1, 0.15) is 23.1 Å². The minimum Gasteiger partial charge on any atom is -0.387 e. The quantitative estimate of drug-likeness (QED) is 0.834. The maximum Gasteiger partial charge on any atom is 0.112 e. The van der Waals surface area contributed by atoms with Crippen molar-refractivity contribution in [2.24, 2.45) is 7.05 Å². The number of benzene rings is 1. The van der Waals surface area contributed by atoms with E-state index < -0.39 is 6.10 Å². The van der Waals surface area contributed by atoms with Gasteiger partial charge < -0.3 is 15.0 Å². The van der Waals surface area contributed by atoms with E-state index >= 15 is 0 Å². The van der Waals surface area contributed by atoms with Crippen LogP contribution in [0, 0.1) is 0 Å². The Morgan fingerprint density at radius 2 is 2.06 bits per heavy atom. The highest BCUT2D eigenvalue weighted by atomic mass is 16.3. The average molecular weight is 245 g/mol. The Labute approximate surface area is 107 Å². The molecule has 0 aliphatic rings. The minimum atomic E-state index is -0.447. The number of rotatable bonds is 5. The fourth-order valence-corrected chi connectivity index (χ4v) is 1.92. The molecule has 1 aromatic heterocycles. The lowest BCUT2D eigenvalue weighted by atomic mass is 10.1. The summed E-state index contributed by atoms with van der Waals surface area (Å²) in [5.74, 6) is 1.04. The number of hydrogen-bond donors (Lipinski definition) is 2. The van der Waals surface area contributed by atoms with Gasteiger partial charge in [0.1, 0.15) is 5.82 Å². The average Bonchev–Trinajstić information content (AvgIpc) is 2.76. The number of nitrogens with one attached hydrogen (secondary N) is 1. The van der Waals surface area contributed by atoms with Gasteiger partial charge in [-0.15, -0.1) is 0 Å². The van der Waals surface area contributed by atoms with Gasteiger partial charge in [0.15, 0.2) is 0 Å². The molecule has 1 heterocycles. The molecule has 1 atom stereocenters. The van der Waals surface area contributed by atoms with Crippen LogP contribution in [0.25, 0.3) is 0 Å². The highest BCUT2D eigenvalue weighted by molar-refractivity contribution is 5.26. The van der Waals surface area contributed by atoms with Gasteiger partial charge in [-0.2, -0.15) is 0 Å². The number of aliphatic hydroxyl groups excluding tert-OH is 1. The normalized spacial score (nSPS) is 12.6. The Bertz CT molecular complexity index is 490. The number of hydrogen-bond acceptors (Lipinski definition) is 3. The van der Waals surface area contributed by atoms with Crippen LogP contribution in [0.2, 0.25) is 0 Å². The highest BCUT2D eigenvalue weighted by Crippen LogP contribution is 2.14. The maximum absolute atomic E-state index is 9.83. The van der Waals surface area contributed by atoms with Crippen molar-refractivity contribution in [2.75, 3.05) is 13.6 Å². The second-order valence-electron chi connectivity index (χ2n) is 4.45. The van der Waals surface area contributed by atoms with Crippen molar-refractivity contribution in [2.45, 2.75) is 12.5 Å². The van der Waals surface area contributed by atoms with Gasteiger partial charge >= 0.3 is 0 Å². The van der Waals surface area contributed by atoms with Crippen LogP contribution in [0.4, 0.5) is 0 Å². The SMILES string of the molecule is CNCC(O)c1ccc(Cc2nccn2C)cc1. The third kappa shape index (κ3) is 2.97. The molecule has 0 aliphatic carbocycles. The third-order valence-corrected chi connectivity index (χ3v) is 3.05. The van der Waals surface area contributed by atoms with Gasteiger partial charge in [0.2, 0.25) is 0 Å². The van der Waals surface area contributed by atoms with Gasteiger partial charge in [0.25, 0.3) is 0 Å². The standard InChI is InChI=1S/C14H19N3O/c1-15-10-13(18)12-5-3-11(4-6-12)9-14-16-7-8-17(14)2/h3-8,13,15,18H,9-10H2,1-2H3. The van der Waals surface area contributed by atoms with Crippen molar-refractivity contribution in [1.29, 1.82) is 0 Å². The molecule has 0 bridgehead atoms. The number of nitrogens with zero attached hydrogens (tertiary/aromatic N) is 2. The zero-order valence-corrected chi connectivity index (χ0v) is 10.8. The molecule has 0 saturated heterocycles. The highest BCUT2D eigenvalue weighted by Gasteiger charge is 2.06. The van der Waals surface area contributed by atoms with E-state index in [0.29, 0.717) is 6.54 Å². The van der Waals surface area contributed by atoms with E-state index in [4.69, 9.17) is 0 Å². The molecule has 4 nitrogen and oxygen atoms in total. The molecule has 18 heavy (non-hydrogen) atoms. The first kappa shape index (κ1) is 12.8. The number of aromatic nitrogens is 2. The van der Waals surface area contributed by atoms with Crippen LogP contribution >= 0.6 is 0 Å². The van der Waals surface area contributed by atoms with Crippen molar-refractivity contribution in [3.8, 4) is 0 Å². The van der Waals surface area contributed by atoms with Gasteiger partial charge in [-0.25, -0.2) is 4.98 Å². The van der Waals surface area contributed by atoms with Crippen molar-refractivity contribution >= 4 is 0 Å². The van der Waals surface area contributed by atoms with Gasteiger partial charge in [-0.3, -0.25) is 0 Å². The van der Waals surface area contributed by atoms with Gasteiger partial charge in [0, 0.05) is 32.4 Å². The molecule has 0 aliphatic heterocycles. The summed E-state index contributed by atoms with van der Waals surface area (Å²) in [5, 5.41) is 12.8. The lowest BCUT2D eigenvalue weighted by Crippen LogP contribution is -2.16. The summed E-state index contributed by atoms with van der Waals surface area (Å²) < 4.78 is 2.02. The van der Waals surface area contributed by atoms with E-state index in [1.165, 1.54) is 5.56 Å². The Morgan fingerprint density at radius 1 is 1.33 bits per heavy atom.